The highest BCUT2D eigenvalue weighted by molar-refractivity contribution is 5.84. The molecule has 0 fully saturated rings. The van der Waals surface area contributed by atoms with E-state index in [1.807, 2.05) is 7.05 Å². The number of unbranched alkanes of at least 4 members (excludes halogenated alkanes) is 1. The van der Waals surface area contributed by atoms with Crippen molar-refractivity contribution >= 4 is 22.9 Å². The molecule has 0 aliphatic heterocycles. The fourth-order valence-corrected chi connectivity index (χ4v) is 1.92. The molecule has 2 heterocycles. The predicted octanol–water partition coefficient (Wildman–Crippen LogP) is 2.02. The van der Waals surface area contributed by atoms with E-state index in [1.54, 1.807) is 6.33 Å². The molecule has 0 radical (unpaired) electrons. The molecule has 98 valence electrons. The molecule has 6 heteroatoms. The van der Waals surface area contributed by atoms with Gasteiger partial charge in [-0.1, -0.05) is 13.3 Å². The predicted molar refractivity (Wildman–Crippen MR) is 74.0 cm³/mol. The molecule has 0 atom stereocenters. The number of aromatic amines is 1. The van der Waals surface area contributed by atoms with Gasteiger partial charge < -0.3 is 15.2 Å². The number of H-pyrrole nitrogens is 1. The monoisotopic (exact) mass is 248 g/mol. The Labute approximate surface area is 107 Å². The Kier molecular flexibility index (Phi) is 3.96. The number of nitrogens with zero attached hydrogens (tertiary/aromatic N) is 4. The molecule has 0 saturated heterocycles. The van der Waals surface area contributed by atoms with Crippen LogP contribution in [0.15, 0.2) is 6.33 Å². The van der Waals surface area contributed by atoms with E-state index in [9.17, 15) is 0 Å². The van der Waals surface area contributed by atoms with Gasteiger partial charge in [-0.05, 0) is 13.3 Å². The second kappa shape index (κ2) is 5.66. The van der Waals surface area contributed by atoms with E-state index in [2.05, 4.69) is 44.0 Å². The number of nitrogens with one attached hydrogen (secondary N) is 2. The number of imidazole rings is 1. The molecular formula is C12H20N6. The molecule has 0 aliphatic carbocycles. The van der Waals surface area contributed by atoms with Crippen molar-refractivity contribution in [3.63, 3.8) is 0 Å². The zero-order valence-electron chi connectivity index (χ0n) is 11.2. The molecule has 6 nitrogen and oxygen atoms in total. The van der Waals surface area contributed by atoms with Crippen molar-refractivity contribution in [3.05, 3.63) is 6.33 Å². The summed E-state index contributed by atoms with van der Waals surface area (Å²) in [5.74, 6) is 1.54. The lowest BCUT2D eigenvalue weighted by Crippen LogP contribution is -2.25. The van der Waals surface area contributed by atoms with Crippen LogP contribution in [-0.4, -0.2) is 40.1 Å². The molecule has 0 amide bonds. The first kappa shape index (κ1) is 12.6. The molecule has 2 aromatic heterocycles. The molecule has 18 heavy (non-hydrogen) atoms. The highest BCUT2D eigenvalue weighted by Gasteiger charge is 2.14. The first-order valence-electron chi connectivity index (χ1n) is 6.44. The van der Waals surface area contributed by atoms with E-state index in [0.29, 0.717) is 11.6 Å². The maximum Gasteiger partial charge on any atom is 0.226 e. The summed E-state index contributed by atoms with van der Waals surface area (Å²) < 4.78 is 0. The number of anilines is 2. The molecule has 2 aromatic rings. The number of fused-ring (bicyclic) bond motifs is 1. The number of hydrogen-bond acceptors (Lipinski definition) is 5. The fraction of sp³-hybridized carbons (Fsp3) is 0.583. The zero-order chi connectivity index (χ0) is 13.0. The quantitative estimate of drug-likeness (QED) is 0.818. The lowest BCUT2D eigenvalue weighted by Gasteiger charge is -2.22. The summed E-state index contributed by atoms with van der Waals surface area (Å²) in [5, 5.41) is 2.98. The topological polar surface area (TPSA) is 69.7 Å². The second-order valence-electron chi connectivity index (χ2n) is 4.16. The van der Waals surface area contributed by atoms with E-state index in [4.69, 9.17) is 0 Å². The third-order valence-electron chi connectivity index (χ3n) is 2.95. The highest BCUT2D eigenvalue weighted by Crippen LogP contribution is 2.22. The van der Waals surface area contributed by atoms with Crippen LogP contribution >= 0.6 is 0 Å². The molecule has 0 spiro atoms. The van der Waals surface area contributed by atoms with E-state index in [0.717, 1.165) is 30.8 Å². The number of hydrogen-bond donors (Lipinski definition) is 2. The van der Waals surface area contributed by atoms with Gasteiger partial charge in [-0.15, -0.1) is 0 Å². The lowest BCUT2D eigenvalue weighted by atomic mass is 10.3. The highest BCUT2D eigenvalue weighted by atomic mass is 15.2. The summed E-state index contributed by atoms with van der Waals surface area (Å²) >= 11 is 0. The minimum atomic E-state index is 0.611. The molecule has 0 aromatic carbocycles. The maximum absolute atomic E-state index is 4.55. The van der Waals surface area contributed by atoms with Gasteiger partial charge in [0.25, 0.3) is 0 Å². The number of rotatable bonds is 6. The molecule has 2 N–H and O–H groups in total. The SMILES string of the molecule is CCCCN(CC)c1nc(NC)nc2nc[nH]c12. The minimum Gasteiger partial charge on any atom is -0.357 e. The van der Waals surface area contributed by atoms with Crippen LogP contribution in [0.25, 0.3) is 11.2 Å². The van der Waals surface area contributed by atoms with E-state index < -0.39 is 0 Å². The van der Waals surface area contributed by atoms with Crippen LogP contribution in [-0.2, 0) is 0 Å². The summed E-state index contributed by atoms with van der Waals surface area (Å²) in [6.07, 6.45) is 3.99. The zero-order valence-corrected chi connectivity index (χ0v) is 11.2. The third kappa shape index (κ3) is 2.37. The summed E-state index contributed by atoms with van der Waals surface area (Å²) in [7, 11) is 1.82. The van der Waals surface area contributed by atoms with Gasteiger partial charge >= 0.3 is 0 Å². The van der Waals surface area contributed by atoms with Crippen LogP contribution in [0.4, 0.5) is 11.8 Å². The molecule has 2 rings (SSSR count). The van der Waals surface area contributed by atoms with Gasteiger partial charge in [0.05, 0.1) is 6.33 Å². The van der Waals surface area contributed by atoms with Gasteiger partial charge in [-0.2, -0.15) is 9.97 Å². The van der Waals surface area contributed by atoms with Crippen molar-refractivity contribution in [2.75, 3.05) is 30.4 Å². The smallest absolute Gasteiger partial charge is 0.226 e. The molecule has 0 saturated carbocycles. The lowest BCUT2D eigenvalue weighted by molar-refractivity contribution is 0.725. The third-order valence-corrected chi connectivity index (χ3v) is 2.95. The van der Waals surface area contributed by atoms with Crippen molar-refractivity contribution in [1.82, 2.24) is 19.9 Å². The van der Waals surface area contributed by atoms with Crippen LogP contribution in [0.5, 0.6) is 0 Å². The fourth-order valence-electron chi connectivity index (χ4n) is 1.92. The Morgan fingerprint density at radius 2 is 2.17 bits per heavy atom. The average molecular weight is 248 g/mol. The summed E-state index contributed by atoms with van der Waals surface area (Å²) in [6, 6.07) is 0. The van der Waals surface area contributed by atoms with Crippen molar-refractivity contribution in [3.8, 4) is 0 Å². The maximum atomic E-state index is 4.55. The Balaban J connectivity index is 2.42. The van der Waals surface area contributed by atoms with Crippen LogP contribution < -0.4 is 10.2 Å². The van der Waals surface area contributed by atoms with E-state index in [1.165, 1.54) is 6.42 Å². The Hall–Kier alpha value is -1.85. The molecule has 0 bridgehead atoms. The first-order chi connectivity index (χ1) is 8.80. The summed E-state index contributed by atoms with van der Waals surface area (Å²) in [4.78, 5) is 18.5. The van der Waals surface area contributed by atoms with Crippen LogP contribution in [0, 0.1) is 0 Å². The van der Waals surface area contributed by atoms with Gasteiger partial charge in [-0.3, -0.25) is 0 Å². The largest absolute Gasteiger partial charge is 0.357 e. The van der Waals surface area contributed by atoms with Gasteiger partial charge in [0, 0.05) is 20.1 Å². The molecule has 0 aliphatic rings. The summed E-state index contributed by atoms with van der Waals surface area (Å²) in [6.45, 7) is 6.26. The summed E-state index contributed by atoms with van der Waals surface area (Å²) in [5.41, 5.74) is 1.62. The van der Waals surface area contributed by atoms with Crippen molar-refractivity contribution in [1.29, 1.82) is 0 Å². The average Bonchev–Trinajstić information content (AvgIpc) is 2.87. The minimum absolute atomic E-state index is 0.611. The molecular weight excluding hydrogens is 228 g/mol. The van der Waals surface area contributed by atoms with Gasteiger partial charge in [0.2, 0.25) is 5.95 Å². The first-order valence-corrected chi connectivity index (χ1v) is 6.44. The normalized spacial score (nSPS) is 10.8. The van der Waals surface area contributed by atoms with E-state index >= 15 is 0 Å². The van der Waals surface area contributed by atoms with E-state index in [-0.39, 0.29) is 0 Å². The van der Waals surface area contributed by atoms with Crippen molar-refractivity contribution in [2.24, 2.45) is 0 Å². The number of aromatic nitrogens is 4. The van der Waals surface area contributed by atoms with Crippen LogP contribution in [0.3, 0.4) is 0 Å². The van der Waals surface area contributed by atoms with Gasteiger partial charge in [-0.25, -0.2) is 4.98 Å². The van der Waals surface area contributed by atoms with Crippen LogP contribution in [0.1, 0.15) is 26.7 Å². The van der Waals surface area contributed by atoms with Crippen molar-refractivity contribution < 1.29 is 0 Å². The Morgan fingerprint density at radius 3 is 2.83 bits per heavy atom. The molecule has 0 unspecified atom stereocenters. The van der Waals surface area contributed by atoms with Gasteiger partial charge in [0.15, 0.2) is 11.5 Å². The standard InChI is InChI=1S/C12H20N6/c1-4-6-7-18(5-2)11-9-10(15-8-14-9)16-12(13-3)17-11/h8H,4-7H2,1-3H3,(H2,13,14,15,16,17). The van der Waals surface area contributed by atoms with Crippen molar-refractivity contribution in [2.45, 2.75) is 26.7 Å². The Bertz CT molecular complexity index is 506. The second-order valence-corrected chi connectivity index (χ2v) is 4.16. The Morgan fingerprint density at radius 1 is 1.33 bits per heavy atom. The van der Waals surface area contributed by atoms with Gasteiger partial charge in [0.1, 0.15) is 5.52 Å². The van der Waals surface area contributed by atoms with Crippen LogP contribution in [0.2, 0.25) is 0 Å².